The Labute approximate surface area is 159 Å². The maximum absolute atomic E-state index is 14.8. The first kappa shape index (κ1) is 19.7. The fraction of sp³-hybridized carbons (Fsp3) is 0.312. The van der Waals surface area contributed by atoms with Crippen molar-refractivity contribution in [3.63, 3.8) is 0 Å². The fourth-order valence-electron chi connectivity index (χ4n) is 2.63. The quantitative estimate of drug-likeness (QED) is 0.778. The van der Waals surface area contributed by atoms with E-state index in [1.54, 1.807) is 6.92 Å². The van der Waals surface area contributed by atoms with Gasteiger partial charge in [-0.2, -0.15) is 0 Å². The van der Waals surface area contributed by atoms with Crippen LogP contribution in [0.25, 0.3) is 0 Å². The molecule has 1 amide bonds. The lowest BCUT2D eigenvalue weighted by Gasteiger charge is -2.38. The number of carbonyl (C=O) groups is 1. The van der Waals surface area contributed by atoms with Gasteiger partial charge in [0.15, 0.2) is 5.82 Å². The Morgan fingerprint density at radius 1 is 1.33 bits per heavy atom. The number of sulfonamides is 1. The Morgan fingerprint density at radius 3 is 2.56 bits per heavy atom. The number of anilines is 1. The van der Waals surface area contributed by atoms with Crippen molar-refractivity contribution in [2.24, 2.45) is 7.05 Å². The molecule has 0 bridgehead atoms. The number of ether oxygens (including phenoxy) is 1. The highest BCUT2D eigenvalue weighted by Crippen LogP contribution is 2.25. The molecule has 1 aromatic heterocycles. The summed E-state index contributed by atoms with van der Waals surface area (Å²) in [6.45, 7) is 1.96. The van der Waals surface area contributed by atoms with Crippen LogP contribution in [0.4, 0.5) is 14.5 Å². The summed E-state index contributed by atoms with van der Waals surface area (Å²) in [6.07, 6.45) is 1.01. The molecule has 0 aliphatic carbocycles. The minimum absolute atomic E-state index is 0.133. The summed E-state index contributed by atoms with van der Waals surface area (Å²) in [5, 5.41) is 2.14. The van der Waals surface area contributed by atoms with Crippen molar-refractivity contribution in [1.29, 1.82) is 0 Å². The van der Waals surface area contributed by atoms with Gasteiger partial charge in [0.1, 0.15) is 16.4 Å². The molecule has 27 heavy (non-hydrogen) atoms. The first-order valence-corrected chi connectivity index (χ1v) is 9.61. The first-order valence-electron chi connectivity index (χ1n) is 7.75. The molecule has 2 N–H and O–H groups in total. The van der Waals surface area contributed by atoms with Crippen LogP contribution in [0.1, 0.15) is 17.4 Å². The molecule has 11 heteroatoms. The Hall–Kier alpha value is -2.01. The molecule has 0 unspecified atom stereocenters. The number of nitrogens with one attached hydrogen (secondary N) is 2. The zero-order valence-electron chi connectivity index (χ0n) is 14.3. The smallest absolute Gasteiger partial charge is 0.275 e. The molecule has 146 valence electrons. The van der Waals surface area contributed by atoms with Crippen molar-refractivity contribution in [3.05, 3.63) is 46.7 Å². The second-order valence-corrected chi connectivity index (χ2v) is 8.57. The molecule has 0 saturated carbocycles. The van der Waals surface area contributed by atoms with E-state index in [2.05, 4.69) is 10.0 Å². The molecule has 1 aliphatic rings. The molecule has 1 saturated heterocycles. The normalized spacial score (nSPS) is 16.0. The summed E-state index contributed by atoms with van der Waals surface area (Å²) in [5.74, 6) is -2.77. The number of rotatable bonds is 5. The Bertz CT molecular complexity index is 1020. The Kier molecular flexibility index (Phi) is 5.02. The van der Waals surface area contributed by atoms with E-state index in [-0.39, 0.29) is 23.9 Å². The van der Waals surface area contributed by atoms with Gasteiger partial charge in [0.25, 0.3) is 5.91 Å². The van der Waals surface area contributed by atoms with Crippen LogP contribution < -0.4 is 10.0 Å². The fourth-order valence-corrected chi connectivity index (χ4v) is 4.31. The van der Waals surface area contributed by atoms with Crippen LogP contribution in [0, 0.1) is 11.6 Å². The van der Waals surface area contributed by atoms with E-state index in [4.69, 9.17) is 16.3 Å². The summed E-state index contributed by atoms with van der Waals surface area (Å²) in [6, 6.07) is 3.45. The van der Waals surface area contributed by atoms with Crippen molar-refractivity contribution < 1.29 is 26.7 Å². The van der Waals surface area contributed by atoms with Crippen molar-refractivity contribution >= 4 is 33.2 Å². The van der Waals surface area contributed by atoms with Crippen LogP contribution in [0.3, 0.4) is 0 Å². The zero-order chi connectivity index (χ0) is 20.0. The molecule has 0 spiro atoms. The number of benzene rings is 1. The summed E-state index contributed by atoms with van der Waals surface area (Å²) >= 11 is 5.65. The van der Waals surface area contributed by atoms with E-state index in [9.17, 15) is 22.0 Å². The minimum Gasteiger partial charge on any atom is -0.377 e. The number of halogens is 3. The van der Waals surface area contributed by atoms with E-state index in [1.165, 1.54) is 13.1 Å². The van der Waals surface area contributed by atoms with Crippen LogP contribution in [-0.2, 0) is 21.8 Å². The van der Waals surface area contributed by atoms with Gasteiger partial charge in [0, 0.05) is 18.9 Å². The third kappa shape index (κ3) is 3.84. The van der Waals surface area contributed by atoms with Crippen molar-refractivity contribution in [2.45, 2.75) is 17.4 Å². The average Bonchev–Trinajstić information content (AvgIpc) is 2.84. The Morgan fingerprint density at radius 2 is 2.00 bits per heavy atom. The van der Waals surface area contributed by atoms with Crippen LogP contribution in [-0.4, -0.2) is 37.6 Å². The van der Waals surface area contributed by atoms with Gasteiger partial charge in [-0.3, -0.25) is 4.79 Å². The lowest BCUT2D eigenvalue weighted by atomic mass is 10.0. The van der Waals surface area contributed by atoms with E-state index < -0.39 is 43.7 Å². The SMILES string of the molecule is Cn1cc(S(=O)(=O)NC2(C)COC2)c(F)c1C(=O)Nc1ccc(F)c(Cl)c1. The number of aryl methyl sites for hydroxylation is 1. The number of hydrogen-bond donors (Lipinski definition) is 2. The molecular formula is C16H16ClF2N3O4S. The van der Waals surface area contributed by atoms with Gasteiger partial charge in [-0.15, -0.1) is 0 Å². The minimum atomic E-state index is -4.21. The second-order valence-electron chi connectivity index (χ2n) is 6.51. The van der Waals surface area contributed by atoms with Gasteiger partial charge in [-0.25, -0.2) is 21.9 Å². The molecule has 0 atom stereocenters. The van der Waals surface area contributed by atoms with Crippen LogP contribution in [0.2, 0.25) is 5.02 Å². The first-order chi connectivity index (χ1) is 12.5. The van der Waals surface area contributed by atoms with Crippen LogP contribution in [0.5, 0.6) is 0 Å². The Balaban J connectivity index is 1.88. The van der Waals surface area contributed by atoms with Crippen LogP contribution >= 0.6 is 11.6 Å². The molecule has 3 rings (SSSR count). The van der Waals surface area contributed by atoms with Gasteiger partial charge >= 0.3 is 0 Å². The highest BCUT2D eigenvalue weighted by Gasteiger charge is 2.40. The zero-order valence-corrected chi connectivity index (χ0v) is 15.9. The lowest BCUT2D eigenvalue weighted by Crippen LogP contribution is -2.59. The van der Waals surface area contributed by atoms with Gasteiger partial charge in [0.2, 0.25) is 10.0 Å². The van der Waals surface area contributed by atoms with Gasteiger partial charge in [0.05, 0.1) is 23.8 Å². The molecular weight excluding hydrogens is 404 g/mol. The average molecular weight is 420 g/mol. The molecule has 1 fully saturated rings. The largest absolute Gasteiger partial charge is 0.377 e. The molecule has 2 aromatic rings. The summed E-state index contributed by atoms with van der Waals surface area (Å²) in [5.41, 5.74) is -1.19. The summed E-state index contributed by atoms with van der Waals surface area (Å²) in [7, 11) is -2.87. The van der Waals surface area contributed by atoms with Gasteiger partial charge < -0.3 is 14.6 Å². The highest BCUT2D eigenvalue weighted by molar-refractivity contribution is 7.89. The topological polar surface area (TPSA) is 89.4 Å². The number of amides is 1. The van der Waals surface area contributed by atoms with Crippen molar-refractivity contribution in [1.82, 2.24) is 9.29 Å². The lowest BCUT2D eigenvalue weighted by molar-refractivity contribution is -0.0523. The van der Waals surface area contributed by atoms with E-state index in [0.717, 1.165) is 22.9 Å². The van der Waals surface area contributed by atoms with E-state index >= 15 is 0 Å². The predicted octanol–water partition coefficient (Wildman–Crippen LogP) is 2.28. The highest BCUT2D eigenvalue weighted by atomic mass is 35.5. The number of aromatic nitrogens is 1. The van der Waals surface area contributed by atoms with Gasteiger partial charge in [-0.1, -0.05) is 11.6 Å². The maximum atomic E-state index is 14.8. The second kappa shape index (κ2) is 6.86. The van der Waals surface area contributed by atoms with Crippen molar-refractivity contribution in [2.75, 3.05) is 18.5 Å². The number of nitrogens with zero attached hydrogens (tertiary/aromatic N) is 1. The van der Waals surface area contributed by atoms with Crippen LogP contribution in [0.15, 0.2) is 29.3 Å². The maximum Gasteiger partial charge on any atom is 0.275 e. The molecule has 1 aliphatic heterocycles. The number of carbonyl (C=O) groups excluding carboxylic acids is 1. The van der Waals surface area contributed by atoms with Gasteiger partial charge in [-0.05, 0) is 25.1 Å². The monoisotopic (exact) mass is 419 g/mol. The summed E-state index contributed by atoms with van der Waals surface area (Å²) < 4.78 is 61.3. The standard InChI is InChI=1S/C16H16ClF2N3O4S/c1-16(7-26-8-16)21-27(24,25)12-6-22(2)14(13(12)19)15(23)20-9-3-4-11(18)10(17)5-9/h3-6,21H,7-8H2,1-2H3,(H,20,23). The molecule has 7 nitrogen and oxygen atoms in total. The molecule has 2 heterocycles. The predicted molar refractivity (Wildman–Crippen MR) is 94.3 cm³/mol. The third-order valence-corrected chi connectivity index (χ3v) is 5.91. The molecule has 1 aromatic carbocycles. The van der Waals surface area contributed by atoms with Crippen molar-refractivity contribution in [3.8, 4) is 0 Å². The summed E-state index contributed by atoms with van der Waals surface area (Å²) in [4.78, 5) is 11.7. The molecule has 0 radical (unpaired) electrons. The van der Waals surface area contributed by atoms with E-state index in [1.807, 2.05) is 0 Å². The number of hydrogen-bond acceptors (Lipinski definition) is 4. The third-order valence-electron chi connectivity index (χ3n) is 3.99. The van der Waals surface area contributed by atoms with E-state index in [0.29, 0.717) is 0 Å².